The maximum Gasteiger partial charge on any atom is 0.187 e. The third kappa shape index (κ3) is 2.46. The summed E-state index contributed by atoms with van der Waals surface area (Å²) < 4.78 is 11.3. The van der Waals surface area contributed by atoms with Gasteiger partial charge < -0.3 is 35.0 Å². The Bertz CT molecular complexity index is 479. The fourth-order valence-electron chi connectivity index (χ4n) is 4.44. The Morgan fingerprint density at radius 3 is 2.48 bits per heavy atom. The molecule has 9 atom stereocenters. The first kappa shape index (κ1) is 17.3. The molecule has 1 heterocycles. The zero-order chi connectivity index (χ0) is 16.9. The van der Waals surface area contributed by atoms with E-state index in [9.17, 15) is 25.5 Å². The Kier molecular flexibility index (Phi) is 4.57. The van der Waals surface area contributed by atoms with E-state index < -0.39 is 37.3 Å². The van der Waals surface area contributed by atoms with Crippen molar-refractivity contribution in [3.05, 3.63) is 11.6 Å². The Balaban J connectivity index is 1.74. The smallest absolute Gasteiger partial charge is 0.187 e. The van der Waals surface area contributed by atoms with Crippen LogP contribution in [0.25, 0.3) is 0 Å². The normalized spacial score (nSPS) is 52.7. The number of hydrogen-bond donors (Lipinski definition) is 5. The highest BCUT2D eigenvalue weighted by Crippen LogP contribution is 2.60. The first-order valence-electron chi connectivity index (χ1n) is 8.08. The number of allylic oxidation sites excluding steroid dienone is 1. The predicted molar refractivity (Wildman–Crippen MR) is 79.2 cm³/mol. The quantitative estimate of drug-likeness (QED) is 0.409. The lowest BCUT2D eigenvalue weighted by Crippen LogP contribution is -2.67. The van der Waals surface area contributed by atoms with Gasteiger partial charge in [0.05, 0.1) is 12.7 Å². The van der Waals surface area contributed by atoms with Crippen LogP contribution in [0, 0.1) is 17.3 Å². The van der Waals surface area contributed by atoms with Crippen LogP contribution in [-0.2, 0) is 9.47 Å². The molecular formula is C16H26O7. The summed E-state index contributed by atoms with van der Waals surface area (Å²) in [6.45, 7) is 3.60. The average Bonchev–Trinajstić information content (AvgIpc) is 2.54. The first-order chi connectivity index (χ1) is 10.8. The van der Waals surface area contributed by atoms with Gasteiger partial charge in [0.2, 0.25) is 0 Å². The van der Waals surface area contributed by atoms with Gasteiger partial charge in [-0.25, -0.2) is 0 Å². The largest absolute Gasteiger partial charge is 0.396 e. The Morgan fingerprint density at radius 1 is 1.22 bits per heavy atom. The molecule has 1 saturated carbocycles. The maximum atomic E-state index is 10.1. The van der Waals surface area contributed by atoms with Crippen molar-refractivity contribution in [3.63, 3.8) is 0 Å². The van der Waals surface area contributed by atoms with E-state index in [0.29, 0.717) is 0 Å². The molecule has 0 aromatic carbocycles. The summed E-state index contributed by atoms with van der Waals surface area (Å²) in [6.07, 6.45) is -3.61. The average molecular weight is 330 g/mol. The van der Waals surface area contributed by atoms with Gasteiger partial charge in [0, 0.05) is 17.9 Å². The zero-order valence-corrected chi connectivity index (χ0v) is 13.4. The van der Waals surface area contributed by atoms with Crippen LogP contribution in [0.15, 0.2) is 11.6 Å². The molecule has 7 nitrogen and oxygen atoms in total. The number of aliphatic hydroxyl groups excluding tert-OH is 5. The molecule has 1 aliphatic heterocycles. The molecule has 1 saturated heterocycles. The number of fused-ring (bicyclic) bond motifs is 1. The maximum absolute atomic E-state index is 10.1. The van der Waals surface area contributed by atoms with Gasteiger partial charge in [-0.1, -0.05) is 18.6 Å². The van der Waals surface area contributed by atoms with E-state index in [0.717, 1.165) is 12.0 Å². The monoisotopic (exact) mass is 330 g/mol. The van der Waals surface area contributed by atoms with Crippen LogP contribution in [0.4, 0.5) is 0 Å². The fraction of sp³-hybridized carbons (Fsp3) is 0.875. The molecule has 132 valence electrons. The predicted octanol–water partition coefficient (Wildman–Crippen LogP) is -1.23. The standard InChI is InChI=1S/C16H26O7/c1-7-3-4-8-14(10(7)16(8,2)6-18)23-15-13(21)12(20)11(19)9(5-17)22-15/h3,8-15,17-21H,4-6H2,1-2H3/t8-,9-,10+,11-,12+,13-,14-,15+,16-/m1/s1. The van der Waals surface area contributed by atoms with Gasteiger partial charge in [-0.05, 0) is 19.3 Å². The number of hydrogen-bond acceptors (Lipinski definition) is 7. The molecular weight excluding hydrogens is 304 g/mol. The third-order valence-electron chi connectivity index (χ3n) is 5.95. The van der Waals surface area contributed by atoms with Crippen LogP contribution in [0.3, 0.4) is 0 Å². The van der Waals surface area contributed by atoms with Crippen molar-refractivity contribution in [3.8, 4) is 0 Å². The Labute approximate surface area is 135 Å². The SMILES string of the molecule is CC1=CC[C@@H]2[C@@H](O[C@@H]3O[C@H](CO)[C@@H](O)[C@H](O)[C@H]3O)[C@H]1[C@]2(C)CO. The molecule has 2 fully saturated rings. The Morgan fingerprint density at radius 2 is 1.91 bits per heavy atom. The number of ether oxygens (including phenoxy) is 2. The van der Waals surface area contributed by atoms with E-state index in [2.05, 4.69) is 6.08 Å². The van der Waals surface area contributed by atoms with Crippen LogP contribution in [0.2, 0.25) is 0 Å². The number of aliphatic hydroxyl groups is 5. The summed E-state index contributed by atoms with van der Waals surface area (Å²) in [5.74, 6) is 0.132. The second-order valence-corrected chi connectivity index (χ2v) is 7.23. The van der Waals surface area contributed by atoms with Crippen molar-refractivity contribution in [2.24, 2.45) is 17.3 Å². The molecule has 7 heteroatoms. The molecule has 23 heavy (non-hydrogen) atoms. The van der Waals surface area contributed by atoms with E-state index in [1.165, 1.54) is 0 Å². The fourth-order valence-corrected chi connectivity index (χ4v) is 4.44. The van der Waals surface area contributed by atoms with Gasteiger partial charge in [-0.15, -0.1) is 0 Å². The molecule has 0 amide bonds. The van der Waals surface area contributed by atoms with Crippen molar-refractivity contribution < 1.29 is 35.0 Å². The molecule has 2 bridgehead atoms. The van der Waals surface area contributed by atoms with Crippen molar-refractivity contribution in [2.75, 3.05) is 13.2 Å². The van der Waals surface area contributed by atoms with E-state index in [4.69, 9.17) is 9.47 Å². The highest BCUT2D eigenvalue weighted by atomic mass is 16.7. The van der Waals surface area contributed by atoms with Crippen LogP contribution >= 0.6 is 0 Å². The van der Waals surface area contributed by atoms with Gasteiger partial charge in [0.1, 0.15) is 24.4 Å². The minimum atomic E-state index is -1.44. The summed E-state index contributed by atoms with van der Waals surface area (Å²) in [7, 11) is 0. The molecule has 4 rings (SSSR count). The van der Waals surface area contributed by atoms with Crippen LogP contribution in [-0.4, -0.2) is 75.6 Å². The lowest BCUT2D eigenvalue weighted by atomic mass is 9.46. The van der Waals surface area contributed by atoms with E-state index in [1.807, 2.05) is 13.8 Å². The second kappa shape index (κ2) is 6.07. The Hall–Kier alpha value is -0.540. The first-order valence-corrected chi connectivity index (χ1v) is 8.08. The van der Waals surface area contributed by atoms with Gasteiger partial charge in [0.25, 0.3) is 0 Å². The van der Waals surface area contributed by atoms with Crippen LogP contribution in [0.5, 0.6) is 0 Å². The topological polar surface area (TPSA) is 120 Å². The van der Waals surface area contributed by atoms with E-state index in [-0.39, 0.29) is 30.0 Å². The van der Waals surface area contributed by atoms with Crippen molar-refractivity contribution in [1.29, 1.82) is 0 Å². The molecule has 0 unspecified atom stereocenters. The zero-order valence-electron chi connectivity index (χ0n) is 13.4. The third-order valence-corrected chi connectivity index (χ3v) is 5.95. The van der Waals surface area contributed by atoms with Crippen molar-refractivity contribution in [2.45, 2.75) is 57.1 Å². The minimum absolute atomic E-state index is 0.0265. The van der Waals surface area contributed by atoms with Crippen LogP contribution in [0.1, 0.15) is 20.3 Å². The van der Waals surface area contributed by atoms with Gasteiger partial charge in [-0.2, -0.15) is 0 Å². The highest BCUT2D eigenvalue weighted by molar-refractivity contribution is 5.26. The molecule has 3 aliphatic carbocycles. The van der Waals surface area contributed by atoms with Gasteiger partial charge in [0.15, 0.2) is 6.29 Å². The summed E-state index contributed by atoms with van der Waals surface area (Å²) in [5.41, 5.74) is 0.885. The molecule has 4 aliphatic rings. The summed E-state index contributed by atoms with van der Waals surface area (Å²) in [4.78, 5) is 0. The summed E-state index contributed by atoms with van der Waals surface area (Å²) in [6, 6.07) is 0. The minimum Gasteiger partial charge on any atom is -0.396 e. The van der Waals surface area contributed by atoms with Crippen molar-refractivity contribution >= 4 is 0 Å². The molecule has 0 spiro atoms. The highest BCUT2D eigenvalue weighted by Gasteiger charge is 2.62. The van der Waals surface area contributed by atoms with Crippen molar-refractivity contribution in [1.82, 2.24) is 0 Å². The van der Waals surface area contributed by atoms with E-state index in [1.54, 1.807) is 0 Å². The second-order valence-electron chi connectivity index (χ2n) is 7.23. The van der Waals surface area contributed by atoms with Gasteiger partial charge >= 0.3 is 0 Å². The van der Waals surface area contributed by atoms with Crippen LogP contribution < -0.4 is 0 Å². The van der Waals surface area contributed by atoms with Gasteiger partial charge in [-0.3, -0.25) is 0 Å². The number of rotatable bonds is 4. The van der Waals surface area contributed by atoms with E-state index >= 15 is 0 Å². The summed E-state index contributed by atoms with van der Waals surface area (Å²) >= 11 is 0. The summed E-state index contributed by atoms with van der Waals surface area (Å²) in [5, 5.41) is 48.7. The lowest BCUT2D eigenvalue weighted by molar-refractivity contribution is -0.342. The molecule has 0 aromatic rings. The molecule has 0 aromatic heterocycles. The molecule has 0 radical (unpaired) electrons. The lowest BCUT2D eigenvalue weighted by Gasteiger charge is -2.62. The molecule has 5 N–H and O–H groups in total.